The monoisotopic (exact) mass is 234 g/mol. The molecule has 0 spiro atoms. The number of ether oxygens (including phenoxy) is 1. The summed E-state index contributed by atoms with van der Waals surface area (Å²) in [7, 11) is 0. The van der Waals surface area contributed by atoms with Gasteiger partial charge in [-0.1, -0.05) is 6.07 Å². The zero-order chi connectivity index (χ0) is 12.6. The molecule has 1 heterocycles. The van der Waals surface area contributed by atoms with Crippen molar-refractivity contribution in [1.82, 2.24) is 9.97 Å². The van der Waals surface area contributed by atoms with E-state index in [1.54, 1.807) is 18.2 Å². The molecule has 0 saturated heterocycles. The summed E-state index contributed by atoms with van der Waals surface area (Å²) >= 11 is 0. The fourth-order valence-corrected chi connectivity index (χ4v) is 1.60. The third-order valence-corrected chi connectivity index (χ3v) is 2.14. The summed E-state index contributed by atoms with van der Waals surface area (Å²) < 4.78 is 5.69. The fourth-order valence-electron chi connectivity index (χ4n) is 1.60. The van der Waals surface area contributed by atoms with Crippen molar-refractivity contribution in [2.75, 3.05) is 0 Å². The molecule has 0 bridgehead atoms. The highest BCUT2D eigenvalue weighted by atomic mass is 16.5. The minimum atomic E-state index is -0.518. The van der Waals surface area contributed by atoms with Gasteiger partial charge in [-0.15, -0.1) is 0 Å². The molecule has 0 unspecified atom stereocenters. The molecular formula is C12H14N2O3. The smallest absolute Gasteiger partial charge is 0.326 e. The first-order valence-electron chi connectivity index (χ1n) is 5.31. The molecule has 0 amide bonds. The number of hydrogen-bond acceptors (Lipinski definition) is 3. The summed E-state index contributed by atoms with van der Waals surface area (Å²) in [5.41, 5.74) is -0.892. The molecule has 2 N–H and O–H groups in total. The molecule has 1 aromatic heterocycles. The van der Waals surface area contributed by atoms with Crippen LogP contribution in [0.1, 0.15) is 20.8 Å². The Labute approximate surface area is 97.4 Å². The third kappa shape index (κ3) is 2.38. The first-order valence-corrected chi connectivity index (χ1v) is 5.31. The Bertz CT molecular complexity index is 662. The summed E-state index contributed by atoms with van der Waals surface area (Å²) in [5.74, 6) is 0.465. The molecule has 2 aromatic rings. The molecule has 0 aliphatic carbocycles. The van der Waals surface area contributed by atoms with E-state index in [0.717, 1.165) is 0 Å². The summed E-state index contributed by atoms with van der Waals surface area (Å²) in [4.78, 5) is 27.7. The van der Waals surface area contributed by atoms with Crippen LogP contribution in [0.5, 0.6) is 5.75 Å². The Morgan fingerprint density at radius 3 is 2.47 bits per heavy atom. The van der Waals surface area contributed by atoms with Crippen LogP contribution < -0.4 is 16.0 Å². The molecule has 5 nitrogen and oxygen atoms in total. The molecule has 2 rings (SSSR count). The fraction of sp³-hybridized carbons (Fsp3) is 0.333. The molecule has 90 valence electrons. The quantitative estimate of drug-likeness (QED) is 0.783. The lowest BCUT2D eigenvalue weighted by molar-refractivity contribution is 0.133. The maximum absolute atomic E-state index is 11.8. The summed E-state index contributed by atoms with van der Waals surface area (Å²) in [6.45, 7) is 5.68. The normalized spacial score (nSPS) is 11.7. The van der Waals surface area contributed by atoms with Crippen LogP contribution in [0.15, 0.2) is 27.8 Å². The minimum absolute atomic E-state index is 0.363. The Kier molecular flexibility index (Phi) is 2.53. The molecular weight excluding hydrogens is 220 g/mol. The van der Waals surface area contributed by atoms with Crippen LogP contribution in [0.4, 0.5) is 0 Å². The highest BCUT2D eigenvalue weighted by Gasteiger charge is 2.15. The predicted octanol–water partition coefficient (Wildman–Crippen LogP) is 1.39. The Balaban J connectivity index is 2.74. The molecule has 17 heavy (non-hydrogen) atoms. The van der Waals surface area contributed by atoms with E-state index in [9.17, 15) is 9.59 Å². The van der Waals surface area contributed by atoms with Crippen molar-refractivity contribution in [2.24, 2.45) is 0 Å². The molecule has 0 aliphatic heterocycles. The second-order valence-corrected chi connectivity index (χ2v) is 4.80. The number of benzene rings is 1. The van der Waals surface area contributed by atoms with E-state index in [-0.39, 0.29) is 0 Å². The van der Waals surface area contributed by atoms with Gasteiger partial charge in [-0.05, 0) is 32.9 Å². The van der Waals surface area contributed by atoms with Gasteiger partial charge in [0, 0.05) is 0 Å². The number of aromatic amines is 2. The van der Waals surface area contributed by atoms with E-state index in [4.69, 9.17) is 4.74 Å². The van der Waals surface area contributed by atoms with Crippen molar-refractivity contribution in [2.45, 2.75) is 26.4 Å². The second kappa shape index (κ2) is 3.76. The molecule has 0 aliphatic rings. The van der Waals surface area contributed by atoms with Crippen LogP contribution >= 0.6 is 0 Å². The van der Waals surface area contributed by atoms with Crippen LogP contribution in [0.3, 0.4) is 0 Å². The average Bonchev–Trinajstić information content (AvgIpc) is 2.13. The second-order valence-electron chi connectivity index (χ2n) is 4.80. The van der Waals surface area contributed by atoms with Crippen LogP contribution in [0.25, 0.3) is 10.9 Å². The van der Waals surface area contributed by atoms with Gasteiger partial charge < -0.3 is 9.72 Å². The van der Waals surface area contributed by atoms with Gasteiger partial charge in [0.2, 0.25) is 0 Å². The number of fused-ring (bicyclic) bond motifs is 1. The Morgan fingerprint density at radius 1 is 1.12 bits per heavy atom. The van der Waals surface area contributed by atoms with Gasteiger partial charge in [-0.25, -0.2) is 4.79 Å². The first-order chi connectivity index (χ1) is 7.87. The van der Waals surface area contributed by atoms with Crippen molar-refractivity contribution in [3.05, 3.63) is 39.0 Å². The van der Waals surface area contributed by atoms with Gasteiger partial charge in [0.05, 0.1) is 5.52 Å². The van der Waals surface area contributed by atoms with E-state index in [1.807, 2.05) is 20.8 Å². The number of aromatic nitrogens is 2. The lowest BCUT2D eigenvalue weighted by Crippen LogP contribution is -2.26. The summed E-state index contributed by atoms with van der Waals surface area (Å²) in [5, 5.41) is 0.363. The zero-order valence-electron chi connectivity index (χ0n) is 9.96. The topological polar surface area (TPSA) is 75.0 Å². The number of nitrogens with one attached hydrogen (secondary N) is 2. The minimum Gasteiger partial charge on any atom is -0.487 e. The van der Waals surface area contributed by atoms with Gasteiger partial charge in [0.25, 0.3) is 5.56 Å². The van der Waals surface area contributed by atoms with Crippen molar-refractivity contribution in [3.8, 4) is 5.75 Å². The molecule has 0 fully saturated rings. The van der Waals surface area contributed by atoms with Gasteiger partial charge >= 0.3 is 5.69 Å². The van der Waals surface area contributed by atoms with Crippen molar-refractivity contribution >= 4 is 10.9 Å². The lowest BCUT2D eigenvalue weighted by atomic mass is 10.1. The van der Waals surface area contributed by atoms with E-state index in [1.165, 1.54) is 0 Å². The number of rotatable bonds is 1. The van der Waals surface area contributed by atoms with E-state index >= 15 is 0 Å². The van der Waals surface area contributed by atoms with Crippen molar-refractivity contribution in [1.29, 1.82) is 0 Å². The number of hydrogen-bond donors (Lipinski definition) is 2. The SMILES string of the molecule is CC(C)(C)Oc1cccc2[nH]c(=O)[nH]c(=O)c12. The van der Waals surface area contributed by atoms with Crippen LogP contribution in [-0.4, -0.2) is 15.6 Å². The van der Waals surface area contributed by atoms with Gasteiger partial charge in [0.1, 0.15) is 16.7 Å². The highest BCUT2D eigenvalue weighted by molar-refractivity contribution is 5.83. The Morgan fingerprint density at radius 2 is 1.82 bits per heavy atom. The van der Waals surface area contributed by atoms with E-state index in [2.05, 4.69) is 9.97 Å². The summed E-state index contributed by atoms with van der Waals surface area (Å²) in [6.07, 6.45) is 0. The standard InChI is InChI=1S/C12H14N2O3/c1-12(2,3)17-8-6-4-5-7-9(8)10(15)14-11(16)13-7/h4-6H,1-3H3,(H2,13,14,15,16). The number of H-pyrrole nitrogens is 2. The average molecular weight is 234 g/mol. The first kappa shape index (κ1) is 11.4. The zero-order valence-corrected chi connectivity index (χ0v) is 9.96. The van der Waals surface area contributed by atoms with Gasteiger partial charge in [-0.3, -0.25) is 9.78 Å². The van der Waals surface area contributed by atoms with Crippen LogP contribution in [-0.2, 0) is 0 Å². The highest BCUT2D eigenvalue weighted by Crippen LogP contribution is 2.23. The maximum atomic E-state index is 11.8. The maximum Gasteiger partial charge on any atom is 0.326 e. The molecule has 1 aromatic carbocycles. The van der Waals surface area contributed by atoms with Crippen molar-refractivity contribution < 1.29 is 4.74 Å². The van der Waals surface area contributed by atoms with E-state index in [0.29, 0.717) is 16.7 Å². The van der Waals surface area contributed by atoms with Crippen LogP contribution in [0, 0.1) is 0 Å². The largest absolute Gasteiger partial charge is 0.487 e. The third-order valence-electron chi connectivity index (χ3n) is 2.14. The van der Waals surface area contributed by atoms with Gasteiger partial charge in [0.15, 0.2) is 0 Å². The molecule has 0 atom stereocenters. The van der Waals surface area contributed by atoms with Gasteiger partial charge in [-0.2, -0.15) is 0 Å². The summed E-state index contributed by atoms with van der Waals surface area (Å²) in [6, 6.07) is 5.11. The van der Waals surface area contributed by atoms with E-state index < -0.39 is 16.9 Å². The molecule has 0 saturated carbocycles. The predicted molar refractivity (Wildman–Crippen MR) is 65.6 cm³/mol. The molecule has 0 radical (unpaired) electrons. The van der Waals surface area contributed by atoms with Crippen LogP contribution in [0.2, 0.25) is 0 Å². The Hall–Kier alpha value is -2.04. The molecule has 5 heteroatoms. The van der Waals surface area contributed by atoms with Crippen molar-refractivity contribution in [3.63, 3.8) is 0 Å². The lowest BCUT2D eigenvalue weighted by Gasteiger charge is -2.21.